The Labute approximate surface area is 226 Å². The van der Waals surface area contributed by atoms with Crippen molar-refractivity contribution in [3.63, 3.8) is 0 Å². The minimum absolute atomic E-state index is 0.281. The van der Waals surface area contributed by atoms with Gasteiger partial charge in [-0.15, -0.1) is 0 Å². The van der Waals surface area contributed by atoms with Gasteiger partial charge in [0.05, 0.1) is 43.2 Å². The lowest BCUT2D eigenvalue weighted by Gasteiger charge is -2.26. The third-order valence-electron chi connectivity index (χ3n) is 5.79. The minimum atomic E-state index is -0.802. The molecule has 1 aliphatic heterocycles. The predicted molar refractivity (Wildman–Crippen MR) is 145 cm³/mol. The van der Waals surface area contributed by atoms with E-state index in [2.05, 4.69) is 20.9 Å². The normalized spacial score (nSPS) is 15.4. The number of hydrogen-bond acceptors (Lipinski definition) is 8. The van der Waals surface area contributed by atoms with Gasteiger partial charge >= 0.3 is 5.97 Å². The van der Waals surface area contributed by atoms with Crippen LogP contribution in [0.4, 0.5) is 0 Å². The summed E-state index contributed by atoms with van der Waals surface area (Å²) in [4.78, 5) is 32.3. The quantitative estimate of drug-likeness (QED) is 0.389. The maximum atomic E-state index is 13.9. The lowest BCUT2D eigenvalue weighted by molar-refractivity contribution is -0.143. The minimum Gasteiger partial charge on any atom is -0.496 e. The van der Waals surface area contributed by atoms with Crippen LogP contribution < -0.4 is 29.1 Å². The van der Waals surface area contributed by atoms with Gasteiger partial charge in [-0.25, -0.2) is 9.79 Å². The van der Waals surface area contributed by atoms with Gasteiger partial charge in [-0.2, -0.15) is 0 Å². The van der Waals surface area contributed by atoms with Gasteiger partial charge in [-0.05, 0) is 51.1 Å². The van der Waals surface area contributed by atoms with E-state index in [0.717, 1.165) is 4.47 Å². The smallest absolute Gasteiger partial charge is 0.338 e. The number of fused-ring (bicyclic) bond motifs is 1. The highest BCUT2D eigenvalue weighted by atomic mass is 79.9. The standard InChI is InChI=1S/C27H27BrN2O6S/c1-14(2)36-26(32)22-15(3)29-27-30(23(22)18-13-17(28)10-11-19(18)33-4)25(31)21(37-27)12-16-8-7-9-20(34-5)24(16)35-6/h7-14,23H,1-6H3/b21-12-/t23-/m0/s1. The number of benzene rings is 2. The van der Waals surface area contributed by atoms with Gasteiger partial charge in [0.2, 0.25) is 0 Å². The molecule has 37 heavy (non-hydrogen) atoms. The molecule has 1 atom stereocenters. The summed E-state index contributed by atoms with van der Waals surface area (Å²) < 4.78 is 24.9. The van der Waals surface area contributed by atoms with E-state index in [9.17, 15) is 9.59 Å². The number of carbonyl (C=O) groups is 1. The molecule has 0 N–H and O–H groups in total. The van der Waals surface area contributed by atoms with Crippen molar-refractivity contribution in [3.8, 4) is 17.2 Å². The molecule has 0 radical (unpaired) electrons. The second-order valence-corrected chi connectivity index (χ2v) is 10.4. The molecule has 2 aromatic carbocycles. The first-order valence-corrected chi connectivity index (χ1v) is 13.1. The highest BCUT2D eigenvalue weighted by molar-refractivity contribution is 9.10. The van der Waals surface area contributed by atoms with Crippen molar-refractivity contribution < 1.29 is 23.7 Å². The average Bonchev–Trinajstić information content (AvgIpc) is 3.16. The number of esters is 1. The molecule has 0 aliphatic carbocycles. The molecule has 10 heteroatoms. The summed E-state index contributed by atoms with van der Waals surface area (Å²) in [7, 11) is 4.65. The number of para-hydroxylation sites is 1. The predicted octanol–water partition coefficient (Wildman–Crippen LogP) is 3.98. The van der Waals surface area contributed by atoms with E-state index >= 15 is 0 Å². The summed E-state index contributed by atoms with van der Waals surface area (Å²) in [6.45, 7) is 5.30. The van der Waals surface area contributed by atoms with Crippen molar-refractivity contribution in [1.29, 1.82) is 0 Å². The molecular weight excluding hydrogens is 560 g/mol. The Bertz CT molecular complexity index is 1570. The first kappa shape index (κ1) is 26.7. The molecule has 0 bridgehead atoms. The zero-order valence-corrected chi connectivity index (χ0v) is 23.7. The highest BCUT2D eigenvalue weighted by Crippen LogP contribution is 2.37. The molecule has 0 saturated heterocycles. The van der Waals surface area contributed by atoms with Crippen molar-refractivity contribution in [2.24, 2.45) is 4.99 Å². The summed E-state index contributed by atoms with van der Waals surface area (Å²) >= 11 is 4.74. The summed E-state index contributed by atoms with van der Waals surface area (Å²) in [6.07, 6.45) is 1.40. The number of ether oxygens (including phenoxy) is 4. The molecule has 0 unspecified atom stereocenters. The van der Waals surface area contributed by atoms with E-state index in [-0.39, 0.29) is 17.2 Å². The molecule has 2 heterocycles. The van der Waals surface area contributed by atoms with Crippen LogP contribution in [0.15, 0.2) is 61.9 Å². The number of thiazole rings is 1. The van der Waals surface area contributed by atoms with Crippen LogP contribution in [0.2, 0.25) is 0 Å². The second kappa shape index (κ2) is 10.9. The molecule has 8 nitrogen and oxygen atoms in total. The van der Waals surface area contributed by atoms with Crippen molar-refractivity contribution >= 4 is 39.3 Å². The maximum Gasteiger partial charge on any atom is 0.338 e. The van der Waals surface area contributed by atoms with Gasteiger partial charge in [-0.1, -0.05) is 39.4 Å². The third kappa shape index (κ3) is 5.08. The first-order chi connectivity index (χ1) is 17.7. The number of nitrogens with zero attached hydrogens (tertiary/aromatic N) is 2. The number of hydrogen-bond donors (Lipinski definition) is 0. The number of halogens is 1. The number of aromatic nitrogens is 1. The fourth-order valence-electron chi connectivity index (χ4n) is 4.24. The van der Waals surface area contributed by atoms with Crippen molar-refractivity contribution in [2.45, 2.75) is 32.9 Å². The Morgan fingerprint density at radius 1 is 1.11 bits per heavy atom. The molecule has 4 rings (SSSR count). The number of allylic oxidation sites excluding steroid dienone is 1. The fourth-order valence-corrected chi connectivity index (χ4v) is 5.66. The topological polar surface area (TPSA) is 88.4 Å². The maximum absolute atomic E-state index is 13.9. The number of rotatable bonds is 7. The van der Waals surface area contributed by atoms with Gasteiger partial charge in [0.1, 0.15) is 11.8 Å². The van der Waals surface area contributed by atoms with E-state index in [1.165, 1.54) is 15.9 Å². The van der Waals surface area contributed by atoms with E-state index < -0.39 is 12.0 Å². The molecule has 1 aromatic heterocycles. The van der Waals surface area contributed by atoms with Crippen LogP contribution in [-0.2, 0) is 9.53 Å². The van der Waals surface area contributed by atoms with Crippen LogP contribution in [0.25, 0.3) is 6.08 Å². The van der Waals surface area contributed by atoms with Crippen LogP contribution >= 0.6 is 27.3 Å². The Morgan fingerprint density at radius 2 is 1.84 bits per heavy atom. The van der Waals surface area contributed by atoms with Crippen molar-refractivity contribution in [2.75, 3.05) is 21.3 Å². The summed E-state index contributed by atoms with van der Waals surface area (Å²) in [6, 6.07) is 10.1. The SMILES string of the molecule is COc1ccc(Br)cc1[C@H]1C(C(=O)OC(C)C)=C(C)N=c2s/c(=C\c3cccc(OC)c3OC)c(=O)n21. The Balaban J connectivity index is 2.02. The molecule has 0 fully saturated rings. The van der Waals surface area contributed by atoms with Gasteiger partial charge in [0.25, 0.3) is 5.56 Å². The van der Waals surface area contributed by atoms with Gasteiger partial charge in [-0.3, -0.25) is 9.36 Å². The molecule has 194 valence electrons. The fraction of sp³-hybridized carbons (Fsp3) is 0.296. The van der Waals surface area contributed by atoms with Gasteiger partial charge < -0.3 is 18.9 Å². The molecule has 0 amide bonds. The van der Waals surface area contributed by atoms with Crippen LogP contribution in [-0.4, -0.2) is 38.0 Å². The van der Waals surface area contributed by atoms with Crippen LogP contribution in [0.5, 0.6) is 17.2 Å². The van der Waals surface area contributed by atoms with E-state index in [1.54, 1.807) is 60.3 Å². The van der Waals surface area contributed by atoms with Crippen LogP contribution in [0.1, 0.15) is 37.9 Å². The molecule has 0 spiro atoms. The van der Waals surface area contributed by atoms with Gasteiger partial charge in [0, 0.05) is 15.6 Å². The molecule has 3 aromatic rings. The number of carbonyl (C=O) groups excluding carboxylic acids is 1. The average molecular weight is 587 g/mol. The summed E-state index contributed by atoms with van der Waals surface area (Å²) in [5.41, 5.74) is 1.77. The number of methoxy groups -OCH3 is 3. The Hall–Kier alpha value is -3.37. The molecule has 1 aliphatic rings. The van der Waals surface area contributed by atoms with Crippen molar-refractivity contribution in [3.05, 3.63) is 83.0 Å². The van der Waals surface area contributed by atoms with E-state index in [1.807, 2.05) is 24.3 Å². The lowest BCUT2D eigenvalue weighted by Crippen LogP contribution is -2.40. The largest absolute Gasteiger partial charge is 0.496 e. The van der Waals surface area contributed by atoms with Crippen LogP contribution in [0, 0.1) is 0 Å². The second-order valence-electron chi connectivity index (χ2n) is 8.50. The lowest BCUT2D eigenvalue weighted by atomic mass is 9.95. The third-order valence-corrected chi connectivity index (χ3v) is 7.27. The molecular formula is C27H27BrN2O6S. The van der Waals surface area contributed by atoms with Crippen molar-refractivity contribution in [1.82, 2.24) is 4.57 Å². The highest BCUT2D eigenvalue weighted by Gasteiger charge is 2.35. The van der Waals surface area contributed by atoms with Crippen LogP contribution in [0.3, 0.4) is 0 Å². The zero-order chi connectivity index (χ0) is 26.9. The Morgan fingerprint density at radius 3 is 2.49 bits per heavy atom. The van der Waals surface area contributed by atoms with E-state index in [0.29, 0.717) is 43.4 Å². The first-order valence-electron chi connectivity index (χ1n) is 11.5. The summed E-state index contributed by atoms with van der Waals surface area (Å²) in [5, 5.41) is 0. The van der Waals surface area contributed by atoms with E-state index in [4.69, 9.17) is 18.9 Å². The Kier molecular flexibility index (Phi) is 7.89. The monoisotopic (exact) mass is 586 g/mol. The van der Waals surface area contributed by atoms with Gasteiger partial charge in [0.15, 0.2) is 16.3 Å². The summed E-state index contributed by atoms with van der Waals surface area (Å²) in [5.74, 6) is 1.06. The zero-order valence-electron chi connectivity index (χ0n) is 21.3. The molecule has 0 saturated carbocycles.